The van der Waals surface area contributed by atoms with E-state index in [1.54, 1.807) is 0 Å². The third-order valence-corrected chi connectivity index (χ3v) is 4.43. The highest BCUT2D eigenvalue weighted by atomic mass is 17.1. The van der Waals surface area contributed by atoms with Crippen LogP contribution in [0.1, 0.15) is 65.9 Å². The van der Waals surface area contributed by atoms with Crippen LogP contribution in [-0.2, 0) is 15.1 Å². The lowest BCUT2D eigenvalue weighted by atomic mass is 9.71. The third-order valence-electron chi connectivity index (χ3n) is 4.43. The molecular weight excluding hydrogens is 276 g/mol. The monoisotopic (exact) mass is 306 g/mol. The Morgan fingerprint density at radius 3 is 2.18 bits per heavy atom. The molecule has 0 radical (unpaired) electrons. The highest BCUT2D eigenvalue weighted by Crippen LogP contribution is 2.36. The average molecular weight is 306 g/mol. The molecule has 124 valence electrons. The van der Waals surface area contributed by atoms with Gasteiger partial charge < -0.3 is 4.89 Å². The van der Waals surface area contributed by atoms with Gasteiger partial charge in [0.1, 0.15) is 0 Å². The second kappa shape index (κ2) is 7.77. The van der Waals surface area contributed by atoms with E-state index in [9.17, 15) is 4.79 Å². The smallest absolute Gasteiger partial charge is 0.301 e. The topological polar surface area (TPSA) is 46.5 Å². The predicted molar refractivity (Wildman–Crippen MR) is 89.6 cm³/mol. The largest absolute Gasteiger partial charge is 0.345 e. The molecule has 0 fully saturated rings. The Bertz CT molecular complexity index is 457. The van der Waals surface area contributed by atoms with Gasteiger partial charge in [-0.2, -0.15) is 5.26 Å². The van der Waals surface area contributed by atoms with Crippen molar-refractivity contribution in [2.75, 3.05) is 0 Å². The zero-order valence-electron chi connectivity index (χ0n) is 14.6. The van der Waals surface area contributed by atoms with Crippen LogP contribution in [0.3, 0.4) is 0 Å². The molecule has 0 bridgehead atoms. The summed E-state index contributed by atoms with van der Waals surface area (Å²) in [4.78, 5) is 16.1. The van der Waals surface area contributed by atoms with E-state index in [-0.39, 0.29) is 11.3 Å². The molecule has 0 aliphatic carbocycles. The lowest BCUT2D eigenvalue weighted by molar-refractivity contribution is -0.241. The van der Waals surface area contributed by atoms with Gasteiger partial charge in [0.05, 0.1) is 5.92 Å². The number of benzene rings is 1. The number of rotatable bonds is 7. The first-order chi connectivity index (χ1) is 10.2. The van der Waals surface area contributed by atoms with Crippen molar-refractivity contribution in [2.24, 2.45) is 11.3 Å². The second-order valence-electron chi connectivity index (χ2n) is 7.86. The minimum Gasteiger partial charge on any atom is -0.301 e. The lowest BCUT2D eigenvalue weighted by Crippen LogP contribution is -2.35. The first-order valence-corrected chi connectivity index (χ1v) is 8.09. The molecule has 1 atom stereocenters. The quantitative estimate of drug-likeness (QED) is 0.427. The number of carbonyl (C=O) groups is 1. The fourth-order valence-corrected chi connectivity index (χ4v) is 2.91. The van der Waals surface area contributed by atoms with Gasteiger partial charge in [0.2, 0.25) is 0 Å². The van der Waals surface area contributed by atoms with E-state index in [1.807, 2.05) is 44.2 Å². The van der Waals surface area contributed by atoms with Crippen LogP contribution in [0.5, 0.6) is 0 Å². The number of unbranched alkanes of at least 4 members (excludes halogenated alkanes) is 1. The summed E-state index contributed by atoms with van der Waals surface area (Å²) in [5.74, 6) is -0.885. The van der Waals surface area contributed by atoms with Crippen molar-refractivity contribution >= 4 is 5.97 Å². The fraction of sp³-hybridized carbons (Fsp3) is 0.632. The number of hydrogen-bond acceptors (Lipinski definition) is 3. The van der Waals surface area contributed by atoms with Crippen molar-refractivity contribution in [2.45, 2.75) is 65.7 Å². The molecule has 0 saturated heterocycles. The Morgan fingerprint density at radius 1 is 1.09 bits per heavy atom. The van der Waals surface area contributed by atoms with Crippen LogP contribution in [0.2, 0.25) is 0 Å². The zero-order chi connectivity index (χ0) is 16.8. The molecule has 0 saturated carbocycles. The van der Waals surface area contributed by atoms with Crippen molar-refractivity contribution < 1.29 is 14.9 Å². The molecule has 0 aromatic heterocycles. The first-order valence-electron chi connectivity index (χ1n) is 8.09. The van der Waals surface area contributed by atoms with Gasteiger partial charge in [-0.3, -0.25) is 0 Å². The zero-order valence-corrected chi connectivity index (χ0v) is 14.6. The van der Waals surface area contributed by atoms with Crippen LogP contribution in [0, 0.1) is 11.3 Å². The van der Waals surface area contributed by atoms with E-state index in [0.717, 1.165) is 31.2 Å². The lowest BCUT2D eigenvalue weighted by Gasteiger charge is -2.32. The highest BCUT2D eigenvalue weighted by Gasteiger charge is 2.37. The average Bonchev–Trinajstić information content (AvgIpc) is 2.46. The molecule has 3 heteroatoms. The van der Waals surface area contributed by atoms with Crippen LogP contribution < -0.4 is 0 Å². The first kappa shape index (κ1) is 18.7. The van der Waals surface area contributed by atoms with E-state index < -0.39 is 5.97 Å². The van der Waals surface area contributed by atoms with Crippen molar-refractivity contribution in [1.82, 2.24) is 0 Å². The third kappa shape index (κ3) is 5.45. The summed E-state index contributed by atoms with van der Waals surface area (Å²) >= 11 is 0. The summed E-state index contributed by atoms with van der Waals surface area (Å²) < 4.78 is 0. The maximum absolute atomic E-state index is 12.1. The van der Waals surface area contributed by atoms with E-state index in [0.29, 0.717) is 5.41 Å². The van der Waals surface area contributed by atoms with Gasteiger partial charge in [-0.25, -0.2) is 4.79 Å². The van der Waals surface area contributed by atoms with Gasteiger partial charge >= 0.3 is 5.97 Å². The predicted octanol–water partition coefficient (Wildman–Crippen LogP) is 5.20. The van der Waals surface area contributed by atoms with E-state index in [1.165, 1.54) is 0 Å². The minimum absolute atomic E-state index is 0.307. The number of hydrogen-bond donors (Lipinski definition) is 1. The Morgan fingerprint density at radius 2 is 1.68 bits per heavy atom. The van der Waals surface area contributed by atoms with Crippen molar-refractivity contribution in [3.63, 3.8) is 0 Å². The Labute approximate surface area is 134 Å². The highest BCUT2D eigenvalue weighted by molar-refractivity contribution is 5.73. The Kier molecular flexibility index (Phi) is 6.61. The molecule has 0 amide bonds. The van der Waals surface area contributed by atoms with Gasteiger partial charge in [-0.1, -0.05) is 77.8 Å². The summed E-state index contributed by atoms with van der Waals surface area (Å²) in [6.07, 6.45) is 3.87. The number of carbonyl (C=O) groups excluding carboxylic acids is 1. The molecule has 1 unspecified atom stereocenters. The van der Waals surface area contributed by atoms with Crippen LogP contribution in [0.25, 0.3) is 0 Å². The summed E-state index contributed by atoms with van der Waals surface area (Å²) in [6.45, 7) is 10.7. The van der Waals surface area contributed by atoms with Crippen molar-refractivity contribution in [3.8, 4) is 0 Å². The molecule has 1 rings (SSSR count). The van der Waals surface area contributed by atoms with E-state index >= 15 is 0 Å². The van der Waals surface area contributed by atoms with Gasteiger partial charge in [0, 0.05) is 5.41 Å². The molecule has 0 aliphatic rings. The molecule has 0 spiro atoms. The Hall–Kier alpha value is -1.35. The molecule has 22 heavy (non-hydrogen) atoms. The van der Waals surface area contributed by atoms with Crippen molar-refractivity contribution in [1.29, 1.82) is 0 Å². The summed E-state index contributed by atoms with van der Waals surface area (Å²) in [7, 11) is 0. The second-order valence-corrected chi connectivity index (χ2v) is 7.86. The molecule has 0 aliphatic heterocycles. The summed E-state index contributed by atoms with van der Waals surface area (Å²) in [5, 5.41) is 8.85. The summed E-state index contributed by atoms with van der Waals surface area (Å²) in [6, 6.07) is 9.94. The van der Waals surface area contributed by atoms with Gasteiger partial charge in [-0.05, 0) is 23.8 Å². The van der Waals surface area contributed by atoms with Crippen LogP contribution in [-0.4, -0.2) is 11.2 Å². The molecule has 1 N–H and O–H groups in total. The van der Waals surface area contributed by atoms with Gasteiger partial charge in [0.15, 0.2) is 0 Å². The van der Waals surface area contributed by atoms with E-state index in [2.05, 4.69) is 25.7 Å². The van der Waals surface area contributed by atoms with Crippen molar-refractivity contribution in [3.05, 3.63) is 35.9 Å². The molecular formula is C19H30O3. The van der Waals surface area contributed by atoms with Gasteiger partial charge in [-0.15, -0.1) is 0 Å². The standard InChI is InChI=1S/C19H30O3/c1-18(2,3)14-10-9-13-16(17(20)22-21)19(4,5)15-11-7-6-8-12-15/h6-8,11-12,16,21H,9-10,13-14H2,1-5H3. The Balaban J connectivity index is 2.78. The summed E-state index contributed by atoms with van der Waals surface area (Å²) in [5.41, 5.74) is 1.02. The molecule has 0 heterocycles. The fourth-order valence-electron chi connectivity index (χ4n) is 2.91. The SMILES string of the molecule is CC(C)(C)CCCCC(C(=O)OO)C(C)(C)c1ccccc1. The van der Waals surface area contributed by atoms with Crippen LogP contribution in [0.4, 0.5) is 0 Å². The van der Waals surface area contributed by atoms with Crippen LogP contribution in [0.15, 0.2) is 30.3 Å². The molecule has 1 aromatic rings. The normalized spacial score (nSPS) is 13.7. The van der Waals surface area contributed by atoms with Crippen LogP contribution >= 0.6 is 0 Å². The van der Waals surface area contributed by atoms with Gasteiger partial charge in [0.25, 0.3) is 0 Å². The van der Waals surface area contributed by atoms with E-state index in [4.69, 9.17) is 5.26 Å². The maximum atomic E-state index is 12.1. The molecule has 1 aromatic carbocycles. The molecule has 3 nitrogen and oxygen atoms in total. The minimum atomic E-state index is -0.537. The maximum Gasteiger partial charge on any atom is 0.345 e.